The fourth-order valence-electron chi connectivity index (χ4n) is 2.01. The van der Waals surface area contributed by atoms with Crippen LogP contribution in [0.15, 0.2) is 52.3 Å². The predicted molar refractivity (Wildman–Crippen MR) is 79.3 cm³/mol. The summed E-state index contributed by atoms with van der Waals surface area (Å²) >= 11 is 0. The van der Waals surface area contributed by atoms with E-state index < -0.39 is 20.4 Å². The molecule has 0 fully saturated rings. The van der Waals surface area contributed by atoms with Gasteiger partial charge < -0.3 is 5.32 Å². The van der Waals surface area contributed by atoms with Crippen molar-refractivity contribution in [1.29, 1.82) is 0 Å². The van der Waals surface area contributed by atoms with Crippen molar-refractivity contribution in [3.05, 3.63) is 58.1 Å². The molecule has 0 unspecified atom stereocenters. The molecule has 0 saturated carbocycles. The number of rotatable bonds is 4. The molecule has 0 heterocycles. The molecule has 0 radical (unpaired) electrons. The summed E-state index contributed by atoms with van der Waals surface area (Å²) in [7, 11) is -2.38. The van der Waals surface area contributed by atoms with Gasteiger partial charge in [-0.3, -0.25) is 10.1 Å². The smallest absolute Gasteiger partial charge is 0.288 e. The van der Waals surface area contributed by atoms with Crippen LogP contribution in [0.3, 0.4) is 0 Å². The highest BCUT2D eigenvalue weighted by atomic mass is 32.2. The fourth-order valence-corrected chi connectivity index (χ4v) is 3.73. The summed E-state index contributed by atoms with van der Waals surface area (Å²) in [6.07, 6.45) is 0. The number of nitro benzene ring substituents is 1. The first-order valence-electron chi connectivity index (χ1n) is 6.15. The van der Waals surface area contributed by atoms with E-state index in [0.717, 1.165) is 5.56 Å². The second kappa shape index (κ2) is 5.53. The molecule has 0 aliphatic rings. The maximum Gasteiger partial charge on any atom is 0.288 e. The van der Waals surface area contributed by atoms with Crippen LogP contribution in [0.4, 0.5) is 11.4 Å². The Balaban J connectivity index is 2.75. The number of nitrogens with zero attached hydrogens (tertiary/aromatic N) is 1. The molecule has 0 saturated heterocycles. The molecule has 21 heavy (non-hydrogen) atoms. The van der Waals surface area contributed by atoms with Crippen molar-refractivity contribution in [2.24, 2.45) is 0 Å². The van der Waals surface area contributed by atoms with E-state index in [2.05, 4.69) is 5.32 Å². The zero-order chi connectivity index (χ0) is 15.6. The summed E-state index contributed by atoms with van der Waals surface area (Å²) in [5.74, 6) is 0. The molecule has 0 aromatic heterocycles. The maximum absolute atomic E-state index is 12.7. The first-order valence-corrected chi connectivity index (χ1v) is 7.63. The monoisotopic (exact) mass is 306 g/mol. The van der Waals surface area contributed by atoms with E-state index in [1.807, 2.05) is 0 Å². The fraction of sp³-hybridized carbons (Fsp3) is 0.143. The van der Waals surface area contributed by atoms with Crippen molar-refractivity contribution in [2.45, 2.75) is 16.7 Å². The summed E-state index contributed by atoms with van der Waals surface area (Å²) in [6.45, 7) is 1.76. The van der Waals surface area contributed by atoms with Crippen LogP contribution < -0.4 is 5.32 Å². The lowest BCUT2D eigenvalue weighted by molar-refractivity contribution is -0.387. The van der Waals surface area contributed by atoms with Crippen LogP contribution in [-0.2, 0) is 9.84 Å². The molecular weight excluding hydrogens is 292 g/mol. The van der Waals surface area contributed by atoms with E-state index in [-0.39, 0.29) is 9.79 Å². The number of aryl methyl sites for hydroxylation is 1. The number of hydrogen-bond acceptors (Lipinski definition) is 5. The SMILES string of the molecule is CNc1ccc(C)cc1S(=O)(=O)c1ccccc1[N+](=O)[O-]. The zero-order valence-electron chi connectivity index (χ0n) is 11.5. The lowest BCUT2D eigenvalue weighted by atomic mass is 10.2. The van der Waals surface area contributed by atoms with Gasteiger partial charge in [0.1, 0.15) is 4.90 Å². The van der Waals surface area contributed by atoms with Gasteiger partial charge in [0.25, 0.3) is 5.69 Å². The number of hydrogen-bond donors (Lipinski definition) is 1. The Morgan fingerprint density at radius 3 is 2.38 bits per heavy atom. The Morgan fingerprint density at radius 1 is 1.10 bits per heavy atom. The first kappa shape index (κ1) is 15.0. The molecule has 0 aliphatic carbocycles. The van der Waals surface area contributed by atoms with Crippen molar-refractivity contribution < 1.29 is 13.3 Å². The normalized spacial score (nSPS) is 11.1. The number of anilines is 1. The summed E-state index contributed by atoms with van der Waals surface area (Å²) in [4.78, 5) is 10.1. The Morgan fingerprint density at radius 2 is 1.76 bits per heavy atom. The van der Waals surface area contributed by atoms with Crippen LogP contribution in [0.25, 0.3) is 0 Å². The molecule has 0 spiro atoms. The molecule has 0 atom stereocenters. The van der Waals surface area contributed by atoms with E-state index in [1.54, 1.807) is 26.1 Å². The highest BCUT2D eigenvalue weighted by Gasteiger charge is 2.28. The molecule has 2 aromatic rings. The van der Waals surface area contributed by atoms with Gasteiger partial charge in [0, 0.05) is 13.1 Å². The summed E-state index contributed by atoms with van der Waals surface area (Å²) in [6, 6.07) is 10.2. The van der Waals surface area contributed by atoms with Crippen LogP contribution in [0.1, 0.15) is 5.56 Å². The minimum absolute atomic E-state index is 0.0271. The number of nitro groups is 1. The lowest BCUT2D eigenvalue weighted by Crippen LogP contribution is -2.08. The average molecular weight is 306 g/mol. The van der Waals surface area contributed by atoms with Gasteiger partial charge in [0.15, 0.2) is 0 Å². The largest absolute Gasteiger partial charge is 0.387 e. The predicted octanol–water partition coefficient (Wildman–Crippen LogP) is 2.78. The van der Waals surface area contributed by atoms with Gasteiger partial charge in [-0.1, -0.05) is 18.2 Å². The van der Waals surface area contributed by atoms with E-state index >= 15 is 0 Å². The van der Waals surface area contributed by atoms with Gasteiger partial charge in [-0.25, -0.2) is 8.42 Å². The first-order chi connectivity index (χ1) is 9.87. The Bertz CT molecular complexity index is 800. The number of benzene rings is 2. The van der Waals surface area contributed by atoms with Gasteiger partial charge in [0.05, 0.1) is 15.5 Å². The zero-order valence-corrected chi connectivity index (χ0v) is 12.3. The quantitative estimate of drug-likeness (QED) is 0.693. The second-order valence-electron chi connectivity index (χ2n) is 4.48. The van der Waals surface area contributed by atoms with Crippen molar-refractivity contribution in [1.82, 2.24) is 0 Å². The van der Waals surface area contributed by atoms with Crippen LogP contribution in [0.2, 0.25) is 0 Å². The Kier molecular flexibility index (Phi) is 3.95. The molecule has 7 heteroatoms. The molecule has 2 aromatic carbocycles. The molecular formula is C14H14N2O4S. The third-order valence-corrected chi connectivity index (χ3v) is 4.89. The molecule has 6 nitrogen and oxygen atoms in total. The minimum Gasteiger partial charge on any atom is -0.387 e. The maximum atomic E-state index is 12.7. The van der Waals surface area contributed by atoms with E-state index in [9.17, 15) is 18.5 Å². The van der Waals surface area contributed by atoms with E-state index in [4.69, 9.17) is 0 Å². The van der Waals surface area contributed by atoms with Crippen LogP contribution in [0, 0.1) is 17.0 Å². The Hall–Kier alpha value is -2.41. The van der Waals surface area contributed by atoms with Crippen LogP contribution in [-0.4, -0.2) is 20.4 Å². The highest BCUT2D eigenvalue weighted by molar-refractivity contribution is 7.91. The highest BCUT2D eigenvalue weighted by Crippen LogP contribution is 2.33. The number of nitrogens with one attached hydrogen (secondary N) is 1. The molecule has 2 rings (SSSR count). The second-order valence-corrected chi connectivity index (χ2v) is 6.36. The molecule has 110 valence electrons. The molecule has 0 aliphatic heterocycles. The number of para-hydroxylation sites is 1. The molecule has 0 bridgehead atoms. The summed E-state index contributed by atoms with van der Waals surface area (Å²) < 4.78 is 25.5. The summed E-state index contributed by atoms with van der Waals surface area (Å²) in [5, 5.41) is 13.8. The van der Waals surface area contributed by atoms with Gasteiger partial charge >= 0.3 is 0 Å². The van der Waals surface area contributed by atoms with E-state index in [0.29, 0.717) is 5.69 Å². The third kappa shape index (κ3) is 2.73. The van der Waals surface area contributed by atoms with Crippen molar-refractivity contribution in [3.8, 4) is 0 Å². The number of sulfone groups is 1. The van der Waals surface area contributed by atoms with Gasteiger partial charge in [-0.05, 0) is 30.7 Å². The van der Waals surface area contributed by atoms with Crippen molar-refractivity contribution in [2.75, 3.05) is 12.4 Å². The van der Waals surface area contributed by atoms with Gasteiger partial charge in [0.2, 0.25) is 9.84 Å². The minimum atomic E-state index is -3.98. The van der Waals surface area contributed by atoms with Gasteiger partial charge in [-0.15, -0.1) is 0 Å². The van der Waals surface area contributed by atoms with Crippen LogP contribution in [0.5, 0.6) is 0 Å². The van der Waals surface area contributed by atoms with E-state index in [1.165, 1.54) is 30.3 Å². The molecule has 1 N–H and O–H groups in total. The van der Waals surface area contributed by atoms with Crippen molar-refractivity contribution >= 4 is 21.2 Å². The Labute approximate surface area is 122 Å². The summed E-state index contributed by atoms with van der Waals surface area (Å²) in [5.41, 5.74) is 0.728. The standard InChI is InChI=1S/C14H14N2O4S/c1-10-7-8-11(15-2)14(9-10)21(19,20)13-6-4-3-5-12(13)16(17)18/h3-9,15H,1-2H3. The van der Waals surface area contributed by atoms with Gasteiger partial charge in [-0.2, -0.15) is 0 Å². The topological polar surface area (TPSA) is 89.3 Å². The average Bonchev–Trinajstić information content (AvgIpc) is 2.47. The van der Waals surface area contributed by atoms with Crippen LogP contribution >= 0.6 is 0 Å². The van der Waals surface area contributed by atoms with Crippen molar-refractivity contribution in [3.63, 3.8) is 0 Å². The third-order valence-electron chi connectivity index (χ3n) is 3.05. The lowest BCUT2D eigenvalue weighted by Gasteiger charge is -2.11. The molecule has 0 amide bonds.